The van der Waals surface area contributed by atoms with Gasteiger partial charge in [0.2, 0.25) is 0 Å². The maximum absolute atomic E-state index is 12.7. The van der Waals surface area contributed by atoms with Crippen molar-refractivity contribution in [3.05, 3.63) is 65.5 Å². The van der Waals surface area contributed by atoms with Crippen molar-refractivity contribution in [2.75, 3.05) is 20.2 Å². The minimum atomic E-state index is -0.462. The fourth-order valence-corrected chi connectivity index (χ4v) is 4.23. The lowest BCUT2D eigenvalue weighted by atomic mass is 9.86. The van der Waals surface area contributed by atoms with Gasteiger partial charge in [0.25, 0.3) is 11.8 Å². The van der Waals surface area contributed by atoms with E-state index < -0.39 is 6.10 Å². The zero-order valence-electron chi connectivity index (χ0n) is 16.2. The van der Waals surface area contributed by atoms with Gasteiger partial charge < -0.3 is 14.5 Å². The van der Waals surface area contributed by atoms with Crippen LogP contribution in [0.5, 0.6) is 0 Å². The molecule has 2 saturated heterocycles. The SMILES string of the molecule is CO[C@H]1C(=O)N(C2CCN(C(=O)c3ccc(C#N)cc3)CC2)[C@H]1c1ccncc1. The van der Waals surface area contributed by atoms with Gasteiger partial charge >= 0.3 is 0 Å². The summed E-state index contributed by atoms with van der Waals surface area (Å²) in [6, 6.07) is 12.6. The van der Waals surface area contributed by atoms with E-state index in [4.69, 9.17) is 10.00 Å². The van der Waals surface area contributed by atoms with Crippen LogP contribution < -0.4 is 0 Å². The summed E-state index contributed by atoms with van der Waals surface area (Å²) in [6.07, 6.45) is 4.44. The number of β-lactam (4-membered cyclic amide) rings is 1. The molecule has 0 N–H and O–H groups in total. The largest absolute Gasteiger partial charge is 0.369 e. The number of likely N-dealkylation sites (tertiary alicyclic amines) is 2. The molecule has 1 aromatic carbocycles. The normalized spacial score (nSPS) is 22.1. The van der Waals surface area contributed by atoms with E-state index in [0.717, 1.165) is 18.4 Å². The van der Waals surface area contributed by atoms with E-state index >= 15 is 0 Å². The molecule has 7 heteroatoms. The molecular weight excluding hydrogens is 368 g/mol. The molecule has 0 bridgehead atoms. The molecule has 0 spiro atoms. The van der Waals surface area contributed by atoms with E-state index in [1.807, 2.05) is 21.9 Å². The van der Waals surface area contributed by atoms with Gasteiger partial charge in [-0.3, -0.25) is 14.6 Å². The summed E-state index contributed by atoms with van der Waals surface area (Å²) in [5.74, 6) is -0.0329. The molecule has 0 unspecified atom stereocenters. The van der Waals surface area contributed by atoms with Gasteiger partial charge in [-0.1, -0.05) is 0 Å². The Bertz CT molecular complexity index is 931. The Morgan fingerprint density at radius 2 is 1.79 bits per heavy atom. The number of ether oxygens (including phenoxy) is 1. The molecule has 148 valence electrons. The second-order valence-corrected chi connectivity index (χ2v) is 7.34. The number of benzene rings is 1. The third-order valence-electron chi connectivity index (χ3n) is 5.79. The number of carbonyl (C=O) groups is 2. The Labute approximate surface area is 169 Å². The maximum Gasteiger partial charge on any atom is 0.255 e. The average Bonchev–Trinajstić information content (AvgIpc) is 2.78. The molecule has 2 fully saturated rings. The Balaban J connectivity index is 1.42. The number of amides is 2. The monoisotopic (exact) mass is 390 g/mol. The number of hydrogen-bond acceptors (Lipinski definition) is 5. The van der Waals surface area contributed by atoms with Gasteiger partial charge in [0.05, 0.1) is 17.7 Å². The molecule has 2 aliphatic rings. The standard InChI is InChI=1S/C22H22N4O3/c1-29-20-19(16-6-10-24-11-7-16)26(22(20)28)18-8-12-25(13-9-18)21(27)17-4-2-15(14-23)3-5-17/h2-7,10-11,18-20H,8-9,12-13H2,1H3/t19-,20+/m0/s1. The molecule has 29 heavy (non-hydrogen) atoms. The Hall–Kier alpha value is -3.24. The number of piperidine rings is 1. The first-order chi connectivity index (χ1) is 14.1. The van der Waals surface area contributed by atoms with Crippen LogP contribution in [0.15, 0.2) is 48.8 Å². The molecule has 2 atom stereocenters. The van der Waals surface area contributed by atoms with E-state index in [1.54, 1.807) is 43.8 Å². The quantitative estimate of drug-likeness (QED) is 0.747. The minimum Gasteiger partial charge on any atom is -0.369 e. The van der Waals surface area contributed by atoms with Gasteiger partial charge in [-0.05, 0) is 54.8 Å². The number of nitrogens with zero attached hydrogens (tertiary/aromatic N) is 4. The van der Waals surface area contributed by atoms with Crippen molar-refractivity contribution in [3.8, 4) is 6.07 Å². The molecule has 0 saturated carbocycles. The summed E-state index contributed by atoms with van der Waals surface area (Å²) in [6.45, 7) is 1.18. The molecule has 3 heterocycles. The molecule has 2 amide bonds. The molecule has 0 aliphatic carbocycles. The molecule has 4 rings (SSSR count). The molecule has 2 aliphatic heterocycles. The van der Waals surface area contributed by atoms with Crippen LogP contribution in [0, 0.1) is 11.3 Å². The van der Waals surface area contributed by atoms with Crippen molar-refractivity contribution in [3.63, 3.8) is 0 Å². The summed E-state index contributed by atoms with van der Waals surface area (Å²) in [4.78, 5) is 33.2. The van der Waals surface area contributed by atoms with Crippen molar-refractivity contribution in [2.45, 2.75) is 31.0 Å². The first-order valence-corrected chi connectivity index (χ1v) is 9.68. The molecule has 1 aromatic heterocycles. The van der Waals surface area contributed by atoms with E-state index in [9.17, 15) is 9.59 Å². The van der Waals surface area contributed by atoms with Crippen LogP contribution in [-0.2, 0) is 9.53 Å². The smallest absolute Gasteiger partial charge is 0.255 e. The number of carbonyl (C=O) groups excluding carboxylic acids is 2. The molecule has 7 nitrogen and oxygen atoms in total. The predicted molar refractivity (Wildman–Crippen MR) is 105 cm³/mol. The zero-order valence-corrected chi connectivity index (χ0v) is 16.2. The van der Waals surface area contributed by atoms with Gasteiger partial charge in [0.15, 0.2) is 6.10 Å². The fraction of sp³-hybridized carbons (Fsp3) is 0.364. The second-order valence-electron chi connectivity index (χ2n) is 7.34. The van der Waals surface area contributed by atoms with Crippen LogP contribution in [-0.4, -0.2) is 58.9 Å². The lowest BCUT2D eigenvalue weighted by Crippen LogP contribution is -2.64. The van der Waals surface area contributed by atoms with Gasteiger partial charge in [0, 0.05) is 44.2 Å². The van der Waals surface area contributed by atoms with Crippen molar-refractivity contribution in [1.29, 1.82) is 5.26 Å². The third kappa shape index (κ3) is 3.47. The second kappa shape index (κ2) is 8.02. The Morgan fingerprint density at radius 3 is 2.38 bits per heavy atom. The van der Waals surface area contributed by atoms with Crippen LogP contribution >= 0.6 is 0 Å². The van der Waals surface area contributed by atoms with Gasteiger partial charge in [-0.2, -0.15) is 5.26 Å². The Morgan fingerprint density at radius 1 is 1.14 bits per heavy atom. The highest BCUT2D eigenvalue weighted by Crippen LogP contribution is 2.40. The lowest BCUT2D eigenvalue weighted by Gasteiger charge is -2.52. The Kier molecular flexibility index (Phi) is 5.28. The van der Waals surface area contributed by atoms with Gasteiger partial charge in [-0.25, -0.2) is 0 Å². The molecule has 0 radical (unpaired) electrons. The number of aromatic nitrogens is 1. The number of rotatable bonds is 4. The fourth-order valence-electron chi connectivity index (χ4n) is 4.23. The highest BCUT2D eigenvalue weighted by atomic mass is 16.5. The first-order valence-electron chi connectivity index (χ1n) is 9.68. The van der Waals surface area contributed by atoms with Crippen molar-refractivity contribution < 1.29 is 14.3 Å². The van der Waals surface area contributed by atoms with Crippen LogP contribution in [0.2, 0.25) is 0 Å². The topological polar surface area (TPSA) is 86.5 Å². The van der Waals surface area contributed by atoms with E-state index in [0.29, 0.717) is 24.2 Å². The summed E-state index contributed by atoms with van der Waals surface area (Å²) in [7, 11) is 1.56. The summed E-state index contributed by atoms with van der Waals surface area (Å²) in [5, 5.41) is 8.90. The van der Waals surface area contributed by atoms with Crippen LogP contribution in [0.4, 0.5) is 0 Å². The highest BCUT2D eigenvalue weighted by Gasteiger charge is 2.51. The van der Waals surface area contributed by atoms with E-state index in [-0.39, 0.29) is 23.9 Å². The first kappa shape index (κ1) is 19.1. The molecule has 2 aromatic rings. The number of nitriles is 1. The van der Waals surface area contributed by atoms with Gasteiger partial charge in [-0.15, -0.1) is 0 Å². The van der Waals surface area contributed by atoms with Crippen LogP contribution in [0.25, 0.3) is 0 Å². The minimum absolute atomic E-state index is 0.00572. The number of methoxy groups -OCH3 is 1. The number of pyridine rings is 1. The van der Waals surface area contributed by atoms with Crippen molar-refractivity contribution in [1.82, 2.24) is 14.8 Å². The van der Waals surface area contributed by atoms with Crippen LogP contribution in [0.3, 0.4) is 0 Å². The summed E-state index contributed by atoms with van der Waals surface area (Å²) in [5.41, 5.74) is 2.13. The van der Waals surface area contributed by atoms with Gasteiger partial charge in [0.1, 0.15) is 0 Å². The third-order valence-corrected chi connectivity index (χ3v) is 5.79. The highest BCUT2D eigenvalue weighted by molar-refractivity contribution is 5.94. The maximum atomic E-state index is 12.7. The van der Waals surface area contributed by atoms with Crippen molar-refractivity contribution in [2.24, 2.45) is 0 Å². The van der Waals surface area contributed by atoms with Crippen molar-refractivity contribution >= 4 is 11.8 Å². The predicted octanol–water partition coefficient (Wildman–Crippen LogP) is 2.16. The molecular formula is C22H22N4O3. The lowest BCUT2D eigenvalue weighted by molar-refractivity contribution is -0.178. The summed E-state index contributed by atoms with van der Waals surface area (Å²) >= 11 is 0. The average molecular weight is 390 g/mol. The van der Waals surface area contributed by atoms with E-state index in [2.05, 4.69) is 11.1 Å². The van der Waals surface area contributed by atoms with Crippen LogP contribution in [0.1, 0.15) is 40.4 Å². The number of hydrogen-bond donors (Lipinski definition) is 0. The summed E-state index contributed by atoms with van der Waals surface area (Å²) < 4.78 is 5.42. The zero-order chi connectivity index (χ0) is 20.4. The van der Waals surface area contributed by atoms with E-state index in [1.165, 1.54) is 0 Å².